The molecule has 1 N–H and O–H groups in total. The minimum absolute atomic E-state index is 0.448. The van der Waals surface area contributed by atoms with Gasteiger partial charge in [-0.25, -0.2) is 0 Å². The van der Waals surface area contributed by atoms with E-state index in [1.54, 1.807) is 0 Å². The van der Waals surface area contributed by atoms with E-state index in [0.29, 0.717) is 6.04 Å². The Morgan fingerprint density at radius 1 is 1.19 bits per heavy atom. The van der Waals surface area contributed by atoms with Gasteiger partial charge in [-0.3, -0.25) is 0 Å². The van der Waals surface area contributed by atoms with Crippen molar-refractivity contribution < 1.29 is 9.47 Å². The topological polar surface area (TPSA) is 30.5 Å². The number of rotatable bonds is 8. The highest BCUT2D eigenvalue weighted by atomic mass is 16.5. The molecule has 1 aromatic carbocycles. The van der Waals surface area contributed by atoms with E-state index in [1.807, 2.05) is 6.92 Å². The van der Waals surface area contributed by atoms with E-state index in [4.69, 9.17) is 9.47 Å². The molecule has 0 aromatic heterocycles. The van der Waals surface area contributed by atoms with E-state index in [2.05, 4.69) is 36.5 Å². The van der Waals surface area contributed by atoms with Gasteiger partial charge < -0.3 is 14.8 Å². The van der Waals surface area contributed by atoms with Gasteiger partial charge in [0.25, 0.3) is 0 Å². The van der Waals surface area contributed by atoms with Crippen LogP contribution in [0, 0.1) is 5.92 Å². The van der Waals surface area contributed by atoms with Crippen LogP contribution in [0.3, 0.4) is 0 Å². The molecule has 1 heterocycles. The van der Waals surface area contributed by atoms with Crippen LogP contribution in [0.25, 0.3) is 0 Å². The summed E-state index contributed by atoms with van der Waals surface area (Å²) in [4.78, 5) is 0. The monoisotopic (exact) mass is 291 g/mol. The third-order valence-electron chi connectivity index (χ3n) is 4.14. The first-order valence-electron chi connectivity index (χ1n) is 8.37. The Morgan fingerprint density at radius 3 is 2.52 bits per heavy atom. The average molecular weight is 291 g/mol. The third-order valence-corrected chi connectivity index (χ3v) is 4.14. The summed E-state index contributed by atoms with van der Waals surface area (Å²) in [5.74, 6) is 1.74. The molecule has 118 valence electrons. The van der Waals surface area contributed by atoms with E-state index in [1.165, 1.54) is 31.2 Å². The molecule has 0 amide bonds. The van der Waals surface area contributed by atoms with Crippen molar-refractivity contribution in [1.82, 2.24) is 5.32 Å². The lowest BCUT2D eigenvalue weighted by atomic mass is 9.89. The minimum Gasteiger partial charge on any atom is -0.494 e. The van der Waals surface area contributed by atoms with Crippen LogP contribution in [0.1, 0.15) is 51.1 Å². The number of benzene rings is 1. The normalized spacial score (nSPS) is 17.6. The standard InChI is InChI=1S/C18H29NO2/c1-3-11-19-18(14-15-9-12-20-13-10-15)16-5-7-17(8-6-16)21-4-2/h5-8,15,18-19H,3-4,9-14H2,1-2H3. The second-order valence-electron chi connectivity index (χ2n) is 5.80. The fourth-order valence-corrected chi connectivity index (χ4v) is 2.93. The first kappa shape index (κ1) is 16.3. The highest BCUT2D eigenvalue weighted by Gasteiger charge is 2.20. The van der Waals surface area contributed by atoms with Gasteiger partial charge in [0.1, 0.15) is 5.75 Å². The highest BCUT2D eigenvalue weighted by Crippen LogP contribution is 2.28. The third kappa shape index (κ3) is 5.33. The number of hydrogen-bond donors (Lipinski definition) is 1. The van der Waals surface area contributed by atoms with Crippen LogP contribution in [0.4, 0.5) is 0 Å². The van der Waals surface area contributed by atoms with Crippen LogP contribution in [-0.2, 0) is 4.74 Å². The molecule has 0 saturated carbocycles. The van der Waals surface area contributed by atoms with Crippen molar-refractivity contribution in [2.75, 3.05) is 26.4 Å². The molecule has 0 aliphatic carbocycles. The lowest BCUT2D eigenvalue weighted by Crippen LogP contribution is -2.27. The number of ether oxygens (including phenoxy) is 2. The molecule has 0 bridgehead atoms. The predicted molar refractivity (Wildman–Crippen MR) is 86.8 cm³/mol. The Kier molecular flexibility index (Phi) is 7.04. The Bertz CT molecular complexity index is 385. The first-order valence-corrected chi connectivity index (χ1v) is 8.37. The van der Waals surface area contributed by atoms with Crippen molar-refractivity contribution in [3.63, 3.8) is 0 Å². The molecule has 1 unspecified atom stereocenters. The van der Waals surface area contributed by atoms with Crippen LogP contribution >= 0.6 is 0 Å². The van der Waals surface area contributed by atoms with Gasteiger partial charge in [0.05, 0.1) is 6.61 Å². The van der Waals surface area contributed by atoms with Crippen molar-refractivity contribution in [3.05, 3.63) is 29.8 Å². The van der Waals surface area contributed by atoms with Gasteiger partial charge in [0, 0.05) is 19.3 Å². The van der Waals surface area contributed by atoms with Crippen molar-refractivity contribution >= 4 is 0 Å². The zero-order chi connectivity index (χ0) is 14.9. The Labute approximate surface area is 129 Å². The lowest BCUT2D eigenvalue weighted by Gasteiger charge is -2.27. The van der Waals surface area contributed by atoms with Gasteiger partial charge in [-0.1, -0.05) is 19.1 Å². The molecule has 1 fully saturated rings. The van der Waals surface area contributed by atoms with Crippen LogP contribution in [0.5, 0.6) is 5.75 Å². The van der Waals surface area contributed by atoms with E-state index in [9.17, 15) is 0 Å². The minimum atomic E-state index is 0.448. The van der Waals surface area contributed by atoms with E-state index < -0.39 is 0 Å². The highest BCUT2D eigenvalue weighted by molar-refractivity contribution is 5.29. The summed E-state index contributed by atoms with van der Waals surface area (Å²) in [6.45, 7) is 7.88. The first-order chi connectivity index (χ1) is 10.3. The van der Waals surface area contributed by atoms with Gasteiger partial charge in [-0.15, -0.1) is 0 Å². The van der Waals surface area contributed by atoms with Crippen LogP contribution in [0.15, 0.2) is 24.3 Å². The maximum absolute atomic E-state index is 5.53. The van der Waals surface area contributed by atoms with Crippen molar-refractivity contribution in [2.45, 2.75) is 45.6 Å². The molecule has 1 aliphatic heterocycles. The van der Waals surface area contributed by atoms with Crippen molar-refractivity contribution in [3.8, 4) is 5.75 Å². The zero-order valence-corrected chi connectivity index (χ0v) is 13.4. The molecule has 1 atom stereocenters. The summed E-state index contributed by atoms with van der Waals surface area (Å²) < 4.78 is 11.0. The molecule has 2 rings (SSSR count). The summed E-state index contributed by atoms with van der Waals surface area (Å²) in [7, 11) is 0. The quantitative estimate of drug-likeness (QED) is 0.787. The zero-order valence-electron chi connectivity index (χ0n) is 13.4. The fourth-order valence-electron chi connectivity index (χ4n) is 2.93. The van der Waals surface area contributed by atoms with E-state index >= 15 is 0 Å². The fraction of sp³-hybridized carbons (Fsp3) is 0.667. The van der Waals surface area contributed by atoms with Crippen LogP contribution < -0.4 is 10.1 Å². The van der Waals surface area contributed by atoms with E-state index in [-0.39, 0.29) is 0 Å². The molecule has 3 heteroatoms. The number of hydrogen-bond acceptors (Lipinski definition) is 3. The van der Waals surface area contributed by atoms with Crippen molar-refractivity contribution in [2.24, 2.45) is 5.92 Å². The Morgan fingerprint density at radius 2 is 1.90 bits per heavy atom. The maximum atomic E-state index is 5.53. The van der Waals surface area contributed by atoms with Gasteiger partial charge in [0.15, 0.2) is 0 Å². The smallest absolute Gasteiger partial charge is 0.119 e. The Balaban J connectivity index is 1.99. The molecule has 0 radical (unpaired) electrons. The molecular weight excluding hydrogens is 262 g/mol. The SMILES string of the molecule is CCCNC(CC1CCOCC1)c1ccc(OCC)cc1. The van der Waals surface area contributed by atoms with Crippen LogP contribution in [0.2, 0.25) is 0 Å². The maximum Gasteiger partial charge on any atom is 0.119 e. The van der Waals surface area contributed by atoms with Crippen molar-refractivity contribution in [1.29, 1.82) is 0 Å². The summed E-state index contributed by atoms with van der Waals surface area (Å²) in [6.07, 6.45) is 4.77. The molecule has 1 saturated heterocycles. The molecule has 0 spiro atoms. The summed E-state index contributed by atoms with van der Waals surface area (Å²) in [5, 5.41) is 3.70. The molecule has 1 aliphatic rings. The summed E-state index contributed by atoms with van der Waals surface area (Å²) >= 11 is 0. The molecule has 1 aromatic rings. The summed E-state index contributed by atoms with van der Waals surface area (Å²) in [5.41, 5.74) is 1.37. The van der Waals surface area contributed by atoms with Gasteiger partial charge in [-0.2, -0.15) is 0 Å². The summed E-state index contributed by atoms with van der Waals surface area (Å²) in [6, 6.07) is 9.03. The Hall–Kier alpha value is -1.06. The van der Waals surface area contributed by atoms with Crippen LogP contribution in [-0.4, -0.2) is 26.4 Å². The van der Waals surface area contributed by atoms with E-state index in [0.717, 1.165) is 38.0 Å². The molecule has 3 nitrogen and oxygen atoms in total. The molecule has 21 heavy (non-hydrogen) atoms. The molecular formula is C18H29NO2. The average Bonchev–Trinajstić information content (AvgIpc) is 2.53. The second kappa shape index (κ2) is 9.06. The van der Waals surface area contributed by atoms with Gasteiger partial charge in [-0.05, 0) is 62.8 Å². The van der Waals surface area contributed by atoms with Gasteiger partial charge in [0.2, 0.25) is 0 Å². The predicted octanol–water partition coefficient (Wildman–Crippen LogP) is 3.94. The van der Waals surface area contributed by atoms with Gasteiger partial charge >= 0.3 is 0 Å². The lowest BCUT2D eigenvalue weighted by molar-refractivity contribution is 0.0605. The largest absolute Gasteiger partial charge is 0.494 e. The number of nitrogens with one attached hydrogen (secondary N) is 1. The second-order valence-corrected chi connectivity index (χ2v) is 5.80.